The number of nitrogens with one attached hydrogen (secondary N) is 1. The number of rotatable bonds is 4. The van der Waals surface area contributed by atoms with Crippen LogP contribution in [0, 0.1) is 0 Å². The smallest absolute Gasteiger partial charge is 0.291 e. The van der Waals surface area contributed by atoms with Crippen molar-refractivity contribution in [2.45, 2.75) is 6.42 Å². The first-order valence-corrected chi connectivity index (χ1v) is 10.7. The fourth-order valence-corrected chi connectivity index (χ4v) is 4.15. The number of para-hydroxylation sites is 1. The van der Waals surface area contributed by atoms with Crippen LogP contribution >= 0.6 is 11.6 Å². The average Bonchev–Trinajstić information content (AvgIpc) is 3.17. The number of benzene rings is 2. The Hall–Kier alpha value is -3.23. The Morgan fingerprint density at radius 1 is 1.03 bits per heavy atom. The van der Waals surface area contributed by atoms with Crippen LogP contribution in [-0.2, 0) is 16.0 Å². The van der Waals surface area contributed by atoms with E-state index in [4.69, 9.17) is 30.2 Å². The van der Waals surface area contributed by atoms with Gasteiger partial charge in [0.25, 0.3) is 5.91 Å². The van der Waals surface area contributed by atoms with Crippen molar-refractivity contribution in [1.82, 2.24) is 4.90 Å². The highest BCUT2D eigenvalue weighted by molar-refractivity contribution is 6.32. The first kappa shape index (κ1) is 20.7. The van der Waals surface area contributed by atoms with Gasteiger partial charge in [-0.1, -0.05) is 23.7 Å². The topological polar surface area (TPSA) is 90.2 Å². The minimum atomic E-state index is -0.305. The van der Waals surface area contributed by atoms with E-state index in [2.05, 4.69) is 5.32 Å². The van der Waals surface area contributed by atoms with Crippen LogP contribution in [0.15, 0.2) is 40.8 Å². The predicted molar refractivity (Wildman–Crippen MR) is 118 cm³/mol. The van der Waals surface area contributed by atoms with Crippen molar-refractivity contribution >= 4 is 40.1 Å². The number of fused-ring (bicyclic) bond motifs is 2. The van der Waals surface area contributed by atoms with Crippen LogP contribution in [0.25, 0.3) is 11.0 Å². The normalized spacial score (nSPS) is 15.6. The molecule has 0 spiro atoms. The van der Waals surface area contributed by atoms with Crippen molar-refractivity contribution < 1.29 is 28.2 Å². The van der Waals surface area contributed by atoms with Gasteiger partial charge < -0.3 is 28.8 Å². The number of anilines is 1. The minimum Gasteiger partial charge on any atom is -0.486 e. The van der Waals surface area contributed by atoms with Crippen molar-refractivity contribution in [3.8, 4) is 11.5 Å². The molecule has 0 atom stereocenters. The van der Waals surface area contributed by atoms with Crippen molar-refractivity contribution in [1.29, 1.82) is 0 Å². The van der Waals surface area contributed by atoms with Crippen molar-refractivity contribution in [3.63, 3.8) is 0 Å². The second-order valence-corrected chi connectivity index (χ2v) is 7.94. The zero-order chi connectivity index (χ0) is 22.1. The first-order chi connectivity index (χ1) is 15.6. The number of hydrogen-bond donors (Lipinski definition) is 1. The summed E-state index contributed by atoms with van der Waals surface area (Å²) >= 11 is 6.29. The second kappa shape index (κ2) is 8.72. The van der Waals surface area contributed by atoms with Crippen LogP contribution in [0.5, 0.6) is 11.5 Å². The van der Waals surface area contributed by atoms with E-state index >= 15 is 0 Å². The molecule has 2 aliphatic heterocycles. The van der Waals surface area contributed by atoms with Gasteiger partial charge in [-0.05, 0) is 29.8 Å². The van der Waals surface area contributed by atoms with Crippen LogP contribution in [0.2, 0.25) is 5.02 Å². The van der Waals surface area contributed by atoms with Gasteiger partial charge in [0.2, 0.25) is 11.7 Å². The summed E-state index contributed by atoms with van der Waals surface area (Å²) in [7, 11) is 0. The zero-order valence-corrected chi connectivity index (χ0v) is 17.9. The third-order valence-corrected chi connectivity index (χ3v) is 5.65. The van der Waals surface area contributed by atoms with Crippen LogP contribution in [0.1, 0.15) is 16.1 Å². The van der Waals surface area contributed by atoms with Gasteiger partial charge in [-0.3, -0.25) is 9.59 Å². The fraction of sp³-hybridized carbons (Fsp3) is 0.304. The predicted octanol–water partition coefficient (Wildman–Crippen LogP) is 3.51. The Balaban J connectivity index is 1.41. The Bertz CT molecular complexity index is 1180. The molecule has 8 nitrogen and oxygen atoms in total. The van der Waals surface area contributed by atoms with E-state index in [9.17, 15) is 9.59 Å². The summed E-state index contributed by atoms with van der Waals surface area (Å²) in [5.41, 5.74) is 1.57. The second-order valence-electron chi connectivity index (χ2n) is 7.53. The molecule has 5 rings (SSSR count). The fourth-order valence-electron chi connectivity index (χ4n) is 3.87. The number of nitrogens with zero attached hydrogens (tertiary/aromatic N) is 1. The quantitative estimate of drug-likeness (QED) is 0.646. The molecule has 0 unspecified atom stereocenters. The largest absolute Gasteiger partial charge is 0.486 e. The standard InChI is InChI=1S/C23H21ClN2O6/c24-16-11-14(12-18-21(16)31-10-9-30-18)13-19(27)25-20-15-3-1-2-4-17(15)32-22(20)23(28)26-5-7-29-8-6-26/h1-4,11-12H,5-10,13H2,(H,25,27). The lowest BCUT2D eigenvalue weighted by atomic mass is 10.1. The van der Waals surface area contributed by atoms with Gasteiger partial charge >= 0.3 is 0 Å². The number of hydrogen-bond acceptors (Lipinski definition) is 6. The van der Waals surface area contributed by atoms with Gasteiger partial charge in [-0.25, -0.2) is 0 Å². The summed E-state index contributed by atoms with van der Waals surface area (Å²) in [6.45, 7) is 2.74. The molecule has 166 valence electrons. The Kier molecular flexibility index (Phi) is 5.63. The lowest BCUT2D eigenvalue weighted by Gasteiger charge is -2.26. The Morgan fingerprint density at radius 2 is 1.81 bits per heavy atom. The van der Waals surface area contributed by atoms with Gasteiger partial charge in [0.05, 0.1) is 24.7 Å². The molecule has 1 N–H and O–H groups in total. The summed E-state index contributed by atoms with van der Waals surface area (Å²) in [6, 6.07) is 10.6. The van der Waals surface area contributed by atoms with Gasteiger partial charge in [-0.2, -0.15) is 0 Å². The lowest BCUT2D eigenvalue weighted by Crippen LogP contribution is -2.40. The number of morpholine rings is 1. The molecule has 1 aromatic heterocycles. The molecule has 2 amide bonds. The van der Waals surface area contributed by atoms with Gasteiger partial charge in [-0.15, -0.1) is 0 Å². The molecule has 9 heteroatoms. The Labute approximate surface area is 189 Å². The highest BCUT2D eigenvalue weighted by atomic mass is 35.5. The lowest BCUT2D eigenvalue weighted by molar-refractivity contribution is -0.115. The third-order valence-electron chi connectivity index (χ3n) is 5.37. The van der Waals surface area contributed by atoms with Crippen molar-refractivity contribution in [2.75, 3.05) is 44.8 Å². The maximum absolute atomic E-state index is 13.1. The molecule has 0 radical (unpaired) electrons. The number of furan rings is 1. The zero-order valence-electron chi connectivity index (χ0n) is 17.2. The molecular weight excluding hydrogens is 436 g/mol. The third kappa shape index (κ3) is 3.99. The highest BCUT2D eigenvalue weighted by Crippen LogP contribution is 2.38. The van der Waals surface area contributed by atoms with E-state index in [0.29, 0.717) is 78.3 Å². The summed E-state index contributed by atoms with van der Waals surface area (Å²) in [4.78, 5) is 27.7. The molecule has 0 bridgehead atoms. The summed E-state index contributed by atoms with van der Waals surface area (Å²) in [5.74, 6) is 0.536. The van der Waals surface area contributed by atoms with E-state index in [-0.39, 0.29) is 24.0 Å². The molecule has 0 saturated carbocycles. The van der Waals surface area contributed by atoms with Crippen LogP contribution in [-0.4, -0.2) is 56.2 Å². The maximum atomic E-state index is 13.1. The van der Waals surface area contributed by atoms with Gasteiger partial charge in [0.15, 0.2) is 11.5 Å². The van der Waals surface area contributed by atoms with Gasteiger partial charge in [0, 0.05) is 18.5 Å². The molecule has 3 heterocycles. The Morgan fingerprint density at radius 3 is 2.66 bits per heavy atom. The molecular formula is C23H21ClN2O6. The van der Waals surface area contributed by atoms with Crippen molar-refractivity contribution in [2.24, 2.45) is 0 Å². The van der Waals surface area contributed by atoms with Crippen LogP contribution < -0.4 is 14.8 Å². The van der Waals surface area contributed by atoms with Crippen LogP contribution in [0.3, 0.4) is 0 Å². The van der Waals surface area contributed by atoms with E-state index in [1.165, 1.54) is 0 Å². The van der Waals surface area contributed by atoms with Crippen molar-refractivity contribution in [3.05, 3.63) is 52.7 Å². The number of halogens is 1. The highest BCUT2D eigenvalue weighted by Gasteiger charge is 2.28. The monoisotopic (exact) mass is 456 g/mol. The number of ether oxygens (including phenoxy) is 3. The SMILES string of the molecule is O=C(Cc1cc(Cl)c2c(c1)OCCO2)Nc1c(C(=O)N2CCOCC2)oc2ccccc12. The molecule has 3 aromatic rings. The molecule has 1 fully saturated rings. The summed E-state index contributed by atoms with van der Waals surface area (Å²) in [6.07, 6.45) is 0.0427. The average molecular weight is 457 g/mol. The molecule has 32 heavy (non-hydrogen) atoms. The number of amides is 2. The van der Waals surface area contributed by atoms with E-state index in [1.54, 1.807) is 23.1 Å². The molecule has 1 saturated heterocycles. The molecule has 2 aromatic carbocycles. The van der Waals surface area contributed by atoms with E-state index < -0.39 is 0 Å². The summed E-state index contributed by atoms with van der Waals surface area (Å²) in [5, 5.41) is 3.93. The van der Waals surface area contributed by atoms with E-state index in [1.807, 2.05) is 18.2 Å². The molecule has 2 aliphatic rings. The number of carbonyl (C=O) groups is 2. The first-order valence-electron chi connectivity index (χ1n) is 10.4. The molecule has 0 aliphatic carbocycles. The minimum absolute atomic E-state index is 0.0427. The van der Waals surface area contributed by atoms with Crippen LogP contribution in [0.4, 0.5) is 5.69 Å². The van der Waals surface area contributed by atoms with Gasteiger partial charge in [0.1, 0.15) is 24.5 Å². The summed E-state index contributed by atoms with van der Waals surface area (Å²) < 4.78 is 22.3. The van der Waals surface area contributed by atoms with E-state index in [0.717, 1.165) is 0 Å². The maximum Gasteiger partial charge on any atom is 0.291 e. The number of carbonyl (C=O) groups excluding carboxylic acids is 2.